The van der Waals surface area contributed by atoms with Gasteiger partial charge in [0.1, 0.15) is 11.4 Å². The normalized spacial score (nSPS) is 15.9. The quantitative estimate of drug-likeness (QED) is 0.395. The molecule has 1 saturated heterocycles. The summed E-state index contributed by atoms with van der Waals surface area (Å²) in [4.78, 5) is 31.0. The fourth-order valence-electron chi connectivity index (χ4n) is 4.21. The first-order chi connectivity index (χ1) is 17.9. The molecule has 10 heteroatoms. The van der Waals surface area contributed by atoms with Crippen molar-refractivity contribution in [3.8, 4) is 0 Å². The summed E-state index contributed by atoms with van der Waals surface area (Å²) < 4.78 is 43.5. The summed E-state index contributed by atoms with van der Waals surface area (Å²) in [7, 11) is 0. The van der Waals surface area contributed by atoms with E-state index in [1.165, 1.54) is 12.1 Å². The van der Waals surface area contributed by atoms with Gasteiger partial charge in [-0.05, 0) is 81.6 Å². The van der Waals surface area contributed by atoms with Gasteiger partial charge in [0.25, 0.3) is 0 Å². The number of amides is 2. The first-order valence-electron chi connectivity index (χ1n) is 12.5. The molecular formula is C28H31F3N4O3. The lowest BCUT2D eigenvalue weighted by molar-refractivity contribution is -0.137. The molecule has 1 aliphatic heterocycles. The zero-order chi connectivity index (χ0) is 27.5. The van der Waals surface area contributed by atoms with Gasteiger partial charge < -0.3 is 20.3 Å². The number of nitrogens with one attached hydrogen (secondary N) is 2. The fraction of sp³-hybridized carbons (Fsp3) is 0.393. The molecule has 3 aromatic rings. The van der Waals surface area contributed by atoms with Crippen molar-refractivity contribution in [3.05, 3.63) is 65.7 Å². The third-order valence-corrected chi connectivity index (χ3v) is 6.09. The predicted octanol–water partition coefficient (Wildman–Crippen LogP) is 6.25. The number of rotatable bonds is 6. The average Bonchev–Trinajstić information content (AvgIpc) is 3.30. The molecule has 1 aromatic heterocycles. The van der Waals surface area contributed by atoms with Crippen LogP contribution in [0.4, 0.5) is 29.5 Å². The van der Waals surface area contributed by atoms with E-state index in [1.54, 1.807) is 11.0 Å². The van der Waals surface area contributed by atoms with E-state index in [9.17, 15) is 22.8 Å². The number of alkyl halides is 3. The molecule has 38 heavy (non-hydrogen) atoms. The van der Waals surface area contributed by atoms with Crippen LogP contribution in [0.1, 0.15) is 44.7 Å². The van der Waals surface area contributed by atoms with Gasteiger partial charge in [0.15, 0.2) is 0 Å². The Kier molecular flexibility index (Phi) is 7.80. The molecule has 2 N–H and O–H groups in total. The lowest BCUT2D eigenvalue weighted by Crippen LogP contribution is -2.36. The highest BCUT2D eigenvalue weighted by atomic mass is 19.4. The molecule has 4 rings (SSSR count). The van der Waals surface area contributed by atoms with Gasteiger partial charge in [0.2, 0.25) is 5.91 Å². The van der Waals surface area contributed by atoms with Crippen LogP contribution in [0, 0.1) is 0 Å². The second kappa shape index (κ2) is 10.9. The smallest absolute Gasteiger partial charge is 0.416 e. The van der Waals surface area contributed by atoms with E-state index in [-0.39, 0.29) is 24.5 Å². The minimum absolute atomic E-state index is 0.0655. The zero-order valence-corrected chi connectivity index (χ0v) is 21.6. The number of fused-ring (bicyclic) bond motifs is 1. The number of hydrogen-bond acceptors (Lipinski definition) is 5. The number of aromatic nitrogens is 1. The highest BCUT2D eigenvalue weighted by Crippen LogP contribution is 2.29. The van der Waals surface area contributed by atoms with E-state index >= 15 is 0 Å². The van der Waals surface area contributed by atoms with Gasteiger partial charge in [-0.3, -0.25) is 4.79 Å². The number of pyridine rings is 1. The first kappa shape index (κ1) is 27.2. The molecule has 2 aromatic carbocycles. The van der Waals surface area contributed by atoms with Crippen molar-refractivity contribution in [3.63, 3.8) is 0 Å². The Morgan fingerprint density at radius 2 is 1.79 bits per heavy atom. The van der Waals surface area contributed by atoms with Crippen molar-refractivity contribution >= 4 is 34.4 Å². The number of nitrogens with zero attached hydrogens (tertiary/aromatic N) is 2. The number of hydrogen-bond donors (Lipinski definition) is 2. The summed E-state index contributed by atoms with van der Waals surface area (Å²) >= 11 is 0. The molecule has 0 radical (unpaired) electrons. The Morgan fingerprint density at radius 3 is 2.47 bits per heavy atom. The fourth-order valence-corrected chi connectivity index (χ4v) is 4.21. The molecule has 0 unspecified atom stereocenters. The van der Waals surface area contributed by atoms with Crippen molar-refractivity contribution in [2.45, 2.75) is 57.9 Å². The Morgan fingerprint density at radius 1 is 1.05 bits per heavy atom. The molecule has 2 heterocycles. The van der Waals surface area contributed by atoms with Crippen molar-refractivity contribution in [1.82, 2.24) is 9.88 Å². The summed E-state index contributed by atoms with van der Waals surface area (Å²) in [6, 6.07) is 14.1. The minimum atomic E-state index is -4.38. The molecule has 0 saturated carbocycles. The molecular weight excluding hydrogens is 497 g/mol. The minimum Gasteiger partial charge on any atom is -0.444 e. The Labute approximate surface area is 219 Å². The van der Waals surface area contributed by atoms with E-state index in [0.29, 0.717) is 36.6 Å². The van der Waals surface area contributed by atoms with Gasteiger partial charge >= 0.3 is 12.3 Å². The van der Waals surface area contributed by atoms with Crippen LogP contribution in [-0.2, 0) is 22.1 Å². The van der Waals surface area contributed by atoms with Gasteiger partial charge in [0.05, 0.1) is 11.1 Å². The third-order valence-electron chi connectivity index (χ3n) is 6.09. The van der Waals surface area contributed by atoms with Gasteiger partial charge in [-0.2, -0.15) is 13.2 Å². The van der Waals surface area contributed by atoms with Gasteiger partial charge in [-0.1, -0.05) is 12.1 Å². The Bertz CT molecular complexity index is 1300. The second-order valence-corrected chi connectivity index (χ2v) is 10.4. The molecule has 1 atom stereocenters. The van der Waals surface area contributed by atoms with Gasteiger partial charge in [0, 0.05) is 36.6 Å². The Balaban J connectivity index is 1.29. The lowest BCUT2D eigenvalue weighted by Gasteiger charge is -2.24. The van der Waals surface area contributed by atoms with Crippen molar-refractivity contribution in [2.75, 3.05) is 23.7 Å². The van der Waals surface area contributed by atoms with Crippen LogP contribution in [0.3, 0.4) is 0 Å². The third kappa shape index (κ3) is 7.36. The summed E-state index contributed by atoms with van der Waals surface area (Å²) in [6.45, 7) is 6.68. The van der Waals surface area contributed by atoms with Crippen LogP contribution in [-0.4, -0.2) is 46.6 Å². The predicted molar refractivity (Wildman–Crippen MR) is 140 cm³/mol. The summed E-state index contributed by atoms with van der Waals surface area (Å²) in [6.07, 6.45) is -3.43. The standard InChI is InChI=1S/C28H31F3N4O3/c1-27(2,3)38-26(37)35-15-14-22(17-35)32-24-12-7-19-16-21(10-11-23(19)34-24)33-25(36)13-6-18-4-8-20(9-5-18)28(29,30)31/h4-5,7-12,16,22H,6,13-15,17H2,1-3H3,(H,32,34)(H,33,36)/t22-/m0/s1. The van der Waals surface area contributed by atoms with Crippen molar-refractivity contribution < 1.29 is 27.5 Å². The van der Waals surface area contributed by atoms with E-state index < -0.39 is 17.3 Å². The molecule has 1 fully saturated rings. The Hall–Kier alpha value is -3.82. The zero-order valence-electron chi connectivity index (χ0n) is 21.6. The van der Waals surface area contributed by atoms with Crippen LogP contribution in [0.2, 0.25) is 0 Å². The molecule has 1 aliphatic rings. The van der Waals surface area contributed by atoms with Crippen LogP contribution in [0.15, 0.2) is 54.6 Å². The molecule has 202 valence electrons. The van der Waals surface area contributed by atoms with Crippen LogP contribution in [0.25, 0.3) is 10.9 Å². The van der Waals surface area contributed by atoms with Crippen LogP contribution in [0.5, 0.6) is 0 Å². The molecule has 0 bridgehead atoms. The molecule has 0 aliphatic carbocycles. The van der Waals surface area contributed by atoms with Crippen molar-refractivity contribution in [1.29, 1.82) is 0 Å². The van der Waals surface area contributed by atoms with E-state index in [1.807, 2.05) is 45.0 Å². The number of carbonyl (C=O) groups excluding carboxylic acids is 2. The second-order valence-electron chi connectivity index (χ2n) is 10.4. The monoisotopic (exact) mass is 528 g/mol. The maximum Gasteiger partial charge on any atom is 0.416 e. The maximum absolute atomic E-state index is 12.7. The first-order valence-corrected chi connectivity index (χ1v) is 12.5. The van der Waals surface area contributed by atoms with E-state index in [0.717, 1.165) is 29.5 Å². The summed E-state index contributed by atoms with van der Waals surface area (Å²) in [5.74, 6) is 0.466. The maximum atomic E-state index is 12.7. The largest absolute Gasteiger partial charge is 0.444 e. The van der Waals surface area contributed by atoms with Crippen LogP contribution >= 0.6 is 0 Å². The number of ether oxygens (including phenoxy) is 1. The van der Waals surface area contributed by atoms with E-state index in [4.69, 9.17) is 4.74 Å². The highest BCUT2D eigenvalue weighted by molar-refractivity contribution is 5.94. The number of anilines is 2. The lowest BCUT2D eigenvalue weighted by atomic mass is 10.1. The number of benzene rings is 2. The summed E-state index contributed by atoms with van der Waals surface area (Å²) in [5, 5.41) is 7.06. The highest BCUT2D eigenvalue weighted by Gasteiger charge is 2.30. The number of likely N-dealkylation sites (tertiary alicyclic amines) is 1. The molecule has 7 nitrogen and oxygen atoms in total. The number of halogens is 3. The topological polar surface area (TPSA) is 83.6 Å². The van der Waals surface area contributed by atoms with Crippen molar-refractivity contribution in [2.24, 2.45) is 0 Å². The van der Waals surface area contributed by atoms with Gasteiger partial charge in [-0.25, -0.2) is 9.78 Å². The number of aryl methyl sites for hydroxylation is 1. The SMILES string of the molecule is CC(C)(C)OC(=O)N1CC[C@H](Nc2ccc3cc(NC(=O)CCc4ccc(C(F)(F)F)cc4)ccc3n2)C1. The van der Waals surface area contributed by atoms with Crippen LogP contribution < -0.4 is 10.6 Å². The molecule has 0 spiro atoms. The number of carbonyl (C=O) groups is 2. The van der Waals surface area contributed by atoms with E-state index in [2.05, 4.69) is 15.6 Å². The molecule has 2 amide bonds. The summed E-state index contributed by atoms with van der Waals surface area (Å²) in [5.41, 5.74) is 0.778. The van der Waals surface area contributed by atoms with Gasteiger partial charge in [-0.15, -0.1) is 0 Å². The average molecular weight is 529 g/mol.